The number of urea groups is 1. The molecule has 0 radical (unpaired) electrons. The van der Waals surface area contributed by atoms with Gasteiger partial charge in [0.1, 0.15) is 17.7 Å². The Morgan fingerprint density at radius 3 is 2.45 bits per heavy atom. The van der Waals surface area contributed by atoms with Gasteiger partial charge in [-0.25, -0.2) is 13.6 Å². The number of primary amides is 1. The summed E-state index contributed by atoms with van der Waals surface area (Å²) in [6.07, 6.45) is 0.345. The molecule has 20 heavy (non-hydrogen) atoms. The van der Waals surface area contributed by atoms with Gasteiger partial charge in [-0.15, -0.1) is 0 Å². The standard InChI is InChI=1S/C13H17F2N3O2/c1-7(2)5-11(18-13(16)20)12(19)17-10-4-3-8(14)6-9(10)15/h3-4,6-7,11H,5H2,1-2H3,(H,17,19)(H3,16,18,20)/t11-/m0/s1. The molecule has 0 aliphatic rings. The van der Waals surface area contributed by atoms with Crippen LogP contribution in [0.5, 0.6) is 0 Å². The molecule has 3 amide bonds. The highest BCUT2D eigenvalue weighted by atomic mass is 19.1. The van der Waals surface area contributed by atoms with Gasteiger partial charge in [-0.3, -0.25) is 4.79 Å². The van der Waals surface area contributed by atoms with Gasteiger partial charge in [0.25, 0.3) is 0 Å². The molecule has 0 fully saturated rings. The fourth-order valence-corrected chi connectivity index (χ4v) is 1.69. The molecule has 5 nitrogen and oxygen atoms in total. The Kier molecular flexibility index (Phi) is 5.42. The number of amides is 3. The lowest BCUT2D eigenvalue weighted by molar-refractivity contribution is -0.118. The summed E-state index contributed by atoms with van der Waals surface area (Å²) in [5, 5.41) is 4.59. The van der Waals surface area contributed by atoms with E-state index in [1.807, 2.05) is 13.8 Å². The van der Waals surface area contributed by atoms with Crippen molar-refractivity contribution in [1.82, 2.24) is 5.32 Å². The predicted octanol–water partition coefficient (Wildman–Crippen LogP) is 1.99. The van der Waals surface area contributed by atoms with E-state index in [9.17, 15) is 18.4 Å². The summed E-state index contributed by atoms with van der Waals surface area (Å²) in [6.45, 7) is 3.73. The highest BCUT2D eigenvalue weighted by molar-refractivity contribution is 5.96. The Bertz CT molecular complexity index is 506. The third kappa shape index (κ3) is 4.83. The van der Waals surface area contributed by atoms with Crippen molar-refractivity contribution in [3.8, 4) is 0 Å². The van der Waals surface area contributed by atoms with E-state index in [0.29, 0.717) is 12.5 Å². The van der Waals surface area contributed by atoms with Gasteiger partial charge < -0.3 is 16.4 Å². The molecule has 0 saturated carbocycles. The molecule has 0 spiro atoms. The summed E-state index contributed by atoms with van der Waals surface area (Å²) >= 11 is 0. The first-order valence-electron chi connectivity index (χ1n) is 6.11. The van der Waals surface area contributed by atoms with Crippen molar-refractivity contribution >= 4 is 17.6 Å². The second-order valence-corrected chi connectivity index (χ2v) is 4.80. The van der Waals surface area contributed by atoms with Crippen LogP contribution in [0, 0.1) is 17.6 Å². The highest BCUT2D eigenvalue weighted by Gasteiger charge is 2.22. The maximum atomic E-state index is 13.4. The van der Waals surface area contributed by atoms with Crippen molar-refractivity contribution in [2.24, 2.45) is 11.7 Å². The van der Waals surface area contributed by atoms with Gasteiger partial charge in [0.05, 0.1) is 5.69 Å². The van der Waals surface area contributed by atoms with Crippen LogP contribution < -0.4 is 16.4 Å². The van der Waals surface area contributed by atoms with Gasteiger partial charge >= 0.3 is 6.03 Å². The van der Waals surface area contributed by atoms with Gasteiger partial charge in [0, 0.05) is 6.07 Å². The Balaban J connectivity index is 2.81. The average Bonchev–Trinajstić information content (AvgIpc) is 2.30. The first kappa shape index (κ1) is 15.9. The quantitative estimate of drug-likeness (QED) is 0.773. The van der Waals surface area contributed by atoms with Crippen LogP contribution in [0.2, 0.25) is 0 Å². The van der Waals surface area contributed by atoms with E-state index in [-0.39, 0.29) is 11.6 Å². The highest BCUT2D eigenvalue weighted by Crippen LogP contribution is 2.16. The zero-order chi connectivity index (χ0) is 15.3. The largest absolute Gasteiger partial charge is 0.352 e. The summed E-state index contributed by atoms with van der Waals surface area (Å²) in [5.41, 5.74) is 4.84. The van der Waals surface area contributed by atoms with Crippen LogP contribution in [0.3, 0.4) is 0 Å². The molecule has 1 aromatic rings. The fourth-order valence-electron chi connectivity index (χ4n) is 1.69. The van der Waals surface area contributed by atoms with Gasteiger partial charge in [0.15, 0.2) is 0 Å². The number of nitrogens with two attached hydrogens (primary N) is 1. The van der Waals surface area contributed by atoms with E-state index >= 15 is 0 Å². The molecule has 1 aromatic carbocycles. The summed E-state index contributed by atoms with van der Waals surface area (Å²) in [5.74, 6) is -2.12. The van der Waals surface area contributed by atoms with E-state index < -0.39 is 29.6 Å². The molecule has 0 aromatic heterocycles. The molecule has 0 aliphatic carbocycles. The summed E-state index contributed by atoms with van der Waals surface area (Å²) < 4.78 is 26.2. The monoisotopic (exact) mass is 285 g/mol. The smallest absolute Gasteiger partial charge is 0.312 e. The zero-order valence-electron chi connectivity index (χ0n) is 11.2. The normalized spacial score (nSPS) is 12.1. The maximum Gasteiger partial charge on any atom is 0.312 e. The number of nitrogens with one attached hydrogen (secondary N) is 2. The molecule has 0 saturated heterocycles. The van der Waals surface area contributed by atoms with Crippen LogP contribution in [0.25, 0.3) is 0 Å². The van der Waals surface area contributed by atoms with E-state index in [1.54, 1.807) is 0 Å². The van der Waals surface area contributed by atoms with Crippen molar-refractivity contribution in [3.63, 3.8) is 0 Å². The molecule has 1 atom stereocenters. The lowest BCUT2D eigenvalue weighted by atomic mass is 10.0. The third-order valence-electron chi connectivity index (χ3n) is 2.53. The van der Waals surface area contributed by atoms with Crippen molar-refractivity contribution in [2.75, 3.05) is 5.32 Å². The molecule has 0 bridgehead atoms. The predicted molar refractivity (Wildman–Crippen MR) is 70.9 cm³/mol. The van der Waals surface area contributed by atoms with Crippen LogP contribution in [0.4, 0.5) is 19.3 Å². The Morgan fingerprint density at radius 1 is 1.30 bits per heavy atom. The molecular formula is C13H17F2N3O2. The van der Waals surface area contributed by atoms with Crippen LogP contribution in [-0.4, -0.2) is 18.0 Å². The summed E-state index contributed by atoms with van der Waals surface area (Å²) in [7, 11) is 0. The molecular weight excluding hydrogens is 268 g/mol. The number of carbonyl (C=O) groups is 2. The lowest BCUT2D eigenvalue weighted by Gasteiger charge is -2.19. The maximum absolute atomic E-state index is 13.4. The van der Waals surface area contributed by atoms with Crippen LogP contribution in [-0.2, 0) is 4.79 Å². The molecule has 0 aliphatic heterocycles. The van der Waals surface area contributed by atoms with Crippen LogP contribution in [0.1, 0.15) is 20.3 Å². The number of hydrogen-bond acceptors (Lipinski definition) is 2. The van der Waals surface area contributed by atoms with Crippen molar-refractivity contribution in [2.45, 2.75) is 26.3 Å². The Labute approximate surface area is 115 Å². The molecule has 4 N–H and O–H groups in total. The lowest BCUT2D eigenvalue weighted by Crippen LogP contribution is -2.46. The van der Waals surface area contributed by atoms with E-state index in [1.165, 1.54) is 0 Å². The Hall–Kier alpha value is -2.18. The zero-order valence-corrected chi connectivity index (χ0v) is 11.2. The summed E-state index contributed by atoms with van der Waals surface area (Å²) in [6, 6.07) is 1.08. The SMILES string of the molecule is CC(C)C[C@H](NC(N)=O)C(=O)Nc1ccc(F)cc1F. The van der Waals surface area contributed by atoms with Crippen molar-refractivity contribution in [3.05, 3.63) is 29.8 Å². The fraction of sp³-hybridized carbons (Fsp3) is 0.385. The number of halogens is 2. The Morgan fingerprint density at radius 2 is 1.95 bits per heavy atom. The average molecular weight is 285 g/mol. The molecule has 0 unspecified atom stereocenters. The van der Waals surface area contributed by atoms with E-state index in [4.69, 9.17) is 5.73 Å². The van der Waals surface area contributed by atoms with E-state index in [2.05, 4.69) is 10.6 Å². The minimum Gasteiger partial charge on any atom is -0.352 e. The topological polar surface area (TPSA) is 84.2 Å². The third-order valence-corrected chi connectivity index (χ3v) is 2.53. The second-order valence-electron chi connectivity index (χ2n) is 4.80. The number of benzene rings is 1. The number of hydrogen-bond donors (Lipinski definition) is 3. The van der Waals surface area contributed by atoms with Crippen molar-refractivity contribution in [1.29, 1.82) is 0 Å². The minimum atomic E-state index is -0.888. The van der Waals surface area contributed by atoms with Gasteiger partial charge in [-0.05, 0) is 24.5 Å². The first-order chi connectivity index (χ1) is 9.29. The van der Waals surface area contributed by atoms with Crippen molar-refractivity contribution < 1.29 is 18.4 Å². The second kappa shape index (κ2) is 6.83. The number of carbonyl (C=O) groups excluding carboxylic acids is 2. The molecule has 110 valence electrons. The summed E-state index contributed by atoms with van der Waals surface area (Å²) in [4.78, 5) is 22.8. The molecule has 7 heteroatoms. The molecule has 1 rings (SSSR count). The van der Waals surface area contributed by atoms with Gasteiger partial charge in [-0.1, -0.05) is 13.8 Å². The molecule has 0 heterocycles. The van der Waals surface area contributed by atoms with E-state index in [0.717, 1.165) is 12.1 Å². The minimum absolute atomic E-state index is 0.121. The number of rotatable bonds is 5. The first-order valence-corrected chi connectivity index (χ1v) is 6.11. The van der Waals surface area contributed by atoms with Gasteiger partial charge in [0.2, 0.25) is 5.91 Å². The number of anilines is 1. The van der Waals surface area contributed by atoms with Gasteiger partial charge in [-0.2, -0.15) is 0 Å². The van der Waals surface area contributed by atoms with Crippen LogP contribution >= 0.6 is 0 Å². The van der Waals surface area contributed by atoms with Crippen LogP contribution in [0.15, 0.2) is 18.2 Å².